The largest absolute Gasteiger partial charge is 0.311 e. The molecule has 4 unspecified atom stereocenters. The molecule has 0 saturated heterocycles. The van der Waals surface area contributed by atoms with Gasteiger partial charge in [-0.25, -0.2) is 0 Å². The molecule has 0 aromatic rings. The van der Waals surface area contributed by atoms with Gasteiger partial charge < -0.3 is 5.32 Å². The first-order chi connectivity index (χ1) is 7.69. The second-order valence-electron chi connectivity index (χ2n) is 6.45. The fourth-order valence-corrected chi connectivity index (χ4v) is 3.18. The Morgan fingerprint density at radius 3 is 2.50 bits per heavy atom. The maximum Gasteiger partial charge on any atom is 0.00978 e. The van der Waals surface area contributed by atoms with Crippen LogP contribution in [0.2, 0.25) is 0 Å². The van der Waals surface area contributed by atoms with E-state index in [-0.39, 0.29) is 0 Å². The first-order valence-corrected chi connectivity index (χ1v) is 7.45. The first kappa shape index (κ1) is 12.4. The van der Waals surface area contributed by atoms with E-state index in [1.54, 1.807) is 0 Å². The topological polar surface area (TPSA) is 12.0 Å². The van der Waals surface area contributed by atoms with E-state index in [9.17, 15) is 0 Å². The molecule has 0 spiro atoms. The fourth-order valence-electron chi connectivity index (χ4n) is 3.18. The minimum atomic E-state index is 0.797. The van der Waals surface area contributed by atoms with E-state index in [2.05, 4.69) is 26.1 Å². The van der Waals surface area contributed by atoms with Crippen molar-refractivity contribution < 1.29 is 0 Å². The van der Waals surface area contributed by atoms with Crippen LogP contribution in [-0.4, -0.2) is 12.1 Å². The predicted octanol–water partition coefficient (Wildman–Crippen LogP) is 3.98. The molecular formula is C15H29N. The lowest BCUT2D eigenvalue weighted by atomic mass is 9.79. The van der Waals surface area contributed by atoms with Gasteiger partial charge in [-0.1, -0.05) is 40.0 Å². The van der Waals surface area contributed by atoms with Crippen LogP contribution in [0.25, 0.3) is 0 Å². The minimum absolute atomic E-state index is 0.797. The van der Waals surface area contributed by atoms with Crippen molar-refractivity contribution >= 4 is 0 Å². The van der Waals surface area contributed by atoms with E-state index >= 15 is 0 Å². The van der Waals surface area contributed by atoms with Crippen LogP contribution in [-0.2, 0) is 0 Å². The van der Waals surface area contributed by atoms with Crippen molar-refractivity contribution in [3.8, 4) is 0 Å². The molecule has 1 heteroatoms. The molecule has 0 heterocycles. The van der Waals surface area contributed by atoms with Gasteiger partial charge in [-0.2, -0.15) is 0 Å². The molecule has 0 amide bonds. The summed E-state index contributed by atoms with van der Waals surface area (Å²) in [5.41, 5.74) is 0. The zero-order chi connectivity index (χ0) is 11.5. The second kappa shape index (κ2) is 5.53. The van der Waals surface area contributed by atoms with Crippen LogP contribution in [0.1, 0.15) is 65.7 Å². The van der Waals surface area contributed by atoms with Gasteiger partial charge in [0.25, 0.3) is 0 Å². The van der Waals surface area contributed by atoms with Gasteiger partial charge in [0.2, 0.25) is 0 Å². The Labute approximate surface area is 101 Å². The number of rotatable bonds is 5. The Morgan fingerprint density at radius 1 is 1.12 bits per heavy atom. The zero-order valence-corrected chi connectivity index (χ0v) is 11.3. The lowest BCUT2D eigenvalue weighted by molar-refractivity contribution is 0.206. The van der Waals surface area contributed by atoms with Crippen molar-refractivity contribution in [2.24, 2.45) is 17.8 Å². The van der Waals surface area contributed by atoms with Crippen molar-refractivity contribution in [1.82, 2.24) is 5.32 Å². The SMILES string of the molecule is CCC(CC1CC1)NC1CC(C)CCC1C. The molecule has 0 aromatic carbocycles. The normalized spacial score (nSPS) is 37.3. The van der Waals surface area contributed by atoms with Gasteiger partial charge in [0, 0.05) is 12.1 Å². The van der Waals surface area contributed by atoms with Gasteiger partial charge in [0.15, 0.2) is 0 Å². The van der Waals surface area contributed by atoms with Gasteiger partial charge in [-0.3, -0.25) is 0 Å². The summed E-state index contributed by atoms with van der Waals surface area (Å²) >= 11 is 0. The summed E-state index contributed by atoms with van der Waals surface area (Å²) in [7, 11) is 0. The standard InChI is InChI=1S/C15H29N/c1-4-14(10-13-7-8-13)16-15-9-11(2)5-6-12(15)3/h11-16H,4-10H2,1-3H3. The van der Waals surface area contributed by atoms with E-state index in [4.69, 9.17) is 0 Å². The smallest absolute Gasteiger partial charge is 0.00978 e. The molecular weight excluding hydrogens is 194 g/mol. The van der Waals surface area contributed by atoms with E-state index < -0.39 is 0 Å². The Morgan fingerprint density at radius 2 is 1.88 bits per heavy atom. The second-order valence-corrected chi connectivity index (χ2v) is 6.45. The highest BCUT2D eigenvalue weighted by Crippen LogP contribution is 2.35. The van der Waals surface area contributed by atoms with Gasteiger partial charge in [0.05, 0.1) is 0 Å². The van der Waals surface area contributed by atoms with Crippen LogP contribution in [0.3, 0.4) is 0 Å². The summed E-state index contributed by atoms with van der Waals surface area (Å²) in [6.45, 7) is 7.20. The lowest BCUT2D eigenvalue weighted by Gasteiger charge is -2.36. The van der Waals surface area contributed by atoms with Gasteiger partial charge >= 0.3 is 0 Å². The Balaban J connectivity index is 1.79. The summed E-state index contributed by atoms with van der Waals surface area (Å²) in [6, 6.07) is 1.60. The molecule has 0 aromatic heterocycles. The van der Waals surface area contributed by atoms with Crippen LogP contribution in [0.4, 0.5) is 0 Å². The third kappa shape index (κ3) is 3.48. The van der Waals surface area contributed by atoms with Crippen molar-refractivity contribution in [3.05, 3.63) is 0 Å². The quantitative estimate of drug-likeness (QED) is 0.743. The average molecular weight is 223 g/mol. The molecule has 1 N–H and O–H groups in total. The Kier molecular flexibility index (Phi) is 4.29. The highest BCUT2D eigenvalue weighted by atomic mass is 15.0. The lowest BCUT2D eigenvalue weighted by Crippen LogP contribution is -2.45. The summed E-state index contributed by atoms with van der Waals surface area (Å²) in [5, 5.41) is 3.96. The molecule has 0 aliphatic heterocycles. The number of hydrogen-bond donors (Lipinski definition) is 1. The van der Waals surface area contributed by atoms with Gasteiger partial charge in [0.1, 0.15) is 0 Å². The Bertz CT molecular complexity index is 209. The monoisotopic (exact) mass is 223 g/mol. The first-order valence-electron chi connectivity index (χ1n) is 7.45. The highest BCUT2D eigenvalue weighted by molar-refractivity contribution is 4.86. The molecule has 2 aliphatic carbocycles. The molecule has 0 bridgehead atoms. The van der Waals surface area contributed by atoms with Crippen molar-refractivity contribution in [3.63, 3.8) is 0 Å². The van der Waals surface area contributed by atoms with Gasteiger partial charge in [-0.15, -0.1) is 0 Å². The number of hydrogen-bond acceptors (Lipinski definition) is 1. The maximum absolute atomic E-state index is 3.96. The van der Waals surface area contributed by atoms with Crippen LogP contribution in [0.5, 0.6) is 0 Å². The molecule has 16 heavy (non-hydrogen) atoms. The van der Waals surface area contributed by atoms with Crippen LogP contribution in [0.15, 0.2) is 0 Å². The molecule has 2 saturated carbocycles. The third-order valence-corrected chi connectivity index (χ3v) is 4.72. The minimum Gasteiger partial charge on any atom is -0.311 e. The Hall–Kier alpha value is -0.0400. The predicted molar refractivity (Wildman–Crippen MR) is 70.5 cm³/mol. The molecule has 2 rings (SSSR count). The fraction of sp³-hybridized carbons (Fsp3) is 1.00. The number of nitrogens with one attached hydrogen (secondary N) is 1. The molecule has 2 aliphatic rings. The van der Waals surface area contributed by atoms with Crippen molar-refractivity contribution in [1.29, 1.82) is 0 Å². The van der Waals surface area contributed by atoms with Crippen molar-refractivity contribution in [2.45, 2.75) is 77.8 Å². The molecule has 2 fully saturated rings. The van der Waals surface area contributed by atoms with Crippen LogP contribution in [0, 0.1) is 17.8 Å². The van der Waals surface area contributed by atoms with E-state index in [0.717, 1.165) is 29.8 Å². The van der Waals surface area contributed by atoms with Crippen LogP contribution >= 0.6 is 0 Å². The maximum atomic E-state index is 3.96. The average Bonchev–Trinajstić information content (AvgIpc) is 3.06. The van der Waals surface area contributed by atoms with Crippen LogP contribution < -0.4 is 5.32 Å². The third-order valence-electron chi connectivity index (χ3n) is 4.72. The molecule has 4 atom stereocenters. The van der Waals surface area contributed by atoms with E-state index in [1.165, 1.54) is 44.9 Å². The summed E-state index contributed by atoms with van der Waals surface area (Å²) in [5.74, 6) is 2.89. The van der Waals surface area contributed by atoms with E-state index in [1.807, 2.05) is 0 Å². The summed E-state index contributed by atoms with van der Waals surface area (Å²) < 4.78 is 0. The van der Waals surface area contributed by atoms with Gasteiger partial charge in [-0.05, 0) is 43.4 Å². The molecule has 94 valence electrons. The summed E-state index contributed by atoms with van der Waals surface area (Å²) in [4.78, 5) is 0. The van der Waals surface area contributed by atoms with Crippen molar-refractivity contribution in [2.75, 3.05) is 0 Å². The summed E-state index contributed by atoms with van der Waals surface area (Å²) in [6.07, 6.45) is 10.0. The highest BCUT2D eigenvalue weighted by Gasteiger charge is 2.29. The molecule has 1 nitrogen and oxygen atoms in total. The zero-order valence-electron chi connectivity index (χ0n) is 11.3. The van der Waals surface area contributed by atoms with E-state index in [0.29, 0.717) is 0 Å². The molecule has 0 radical (unpaired) electrons.